The maximum atomic E-state index is 13.9. The van der Waals surface area contributed by atoms with Crippen molar-refractivity contribution in [3.8, 4) is 5.75 Å². The lowest BCUT2D eigenvalue weighted by molar-refractivity contribution is -0.00824. The van der Waals surface area contributed by atoms with Gasteiger partial charge in [0.2, 0.25) is 0 Å². The highest BCUT2D eigenvalue weighted by Gasteiger charge is 2.54. The molecular formula is C30H43N3O3. The third-order valence-electron chi connectivity index (χ3n) is 8.76. The summed E-state index contributed by atoms with van der Waals surface area (Å²) in [6.45, 7) is 6.29. The Morgan fingerprint density at radius 3 is 2.14 bits per heavy atom. The summed E-state index contributed by atoms with van der Waals surface area (Å²) in [7, 11) is 7.82. The van der Waals surface area contributed by atoms with E-state index in [0.29, 0.717) is 13.1 Å². The average molecular weight is 494 g/mol. The molecule has 0 aromatic heterocycles. The van der Waals surface area contributed by atoms with E-state index in [0.717, 1.165) is 50.0 Å². The highest BCUT2D eigenvalue weighted by Crippen LogP contribution is 2.49. The normalized spacial score (nSPS) is 24.7. The van der Waals surface area contributed by atoms with Crippen LogP contribution in [0.5, 0.6) is 5.75 Å². The van der Waals surface area contributed by atoms with Gasteiger partial charge in [-0.3, -0.25) is 4.90 Å². The summed E-state index contributed by atoms with van der Waals surface area (Å²) < 4.78 is 11.0. The van der Waals surface area contributed by atoms with E-state index in [1.165, 1.54) is 5.56 Å². The fraction of sp³-hybridized carbons (Fsp3) is 0.567. The average Bonchev–Trinajstić information content (AvgIpc) is 3.14. The molecule has 0 unspecified atom stereocenters. The lowest BCUT2D eigenvalue weighted by Gasteiger charge is -2.51. The van der Waals surface area contributed by atoms with E-state index in [4.69, 9.17) is 9.47 Å². The summed E-state index contributed by atoms with van der Waals surface area (Å²) in [6, 6.07) is 19.1. The molecule has 196 valence electrons. The topological polar surface area (TPSA) is 45.2 Å². The van der Waals surface area contributed by atoms with Crippen LogP contribution in [0.1, 0.15) is 57.1 Å². The van der Waals surface area contributed by atoms with Crippen LogP contribution in [-0.2, 0) is 16.8 Å². The Balaban J connectivity index is 1.59. The maximum Gasteiger partial charge on any atom is 0.320 e. The van der Waals surface area contributed by atoms with Crippen molar-refractivity contribution in [3.05, 3.63) is 65.7 Å². The number of amides is 2. The Kier molecular flexibility index (Phi) is 7.67. The molecule has 2 aromatic carbocycles. The second kappa shape index (κ2) is 10.4. The van der Waals surface area contributed by atoms with Crippen molar-refractivity contribution in [3.63, 3.8) is 0 Å². The van der Waals surface area contributed by atoms with E-state index in [-0.39, 0.29) is 22.7 Å². The van der Waals surface area contributed by atoms with E-state index in [9.17, 15) is 4.79 Å². The van der Waals surface area contributed by atoms with E-state index < -0.39 is 0 Å². The number of carbonyl (C=O) groups excluding carboxylic acids is 1. The Morgan fingerprint density at radius 2 is 1.58 bits per heavy atom. The summed E-state index contributed by atoms with van der Waals surface area (Å²) in [5, 5.41) is 0. The van der Waals surface area contributed by atoms with Gasteiger partial charge in [-0.2, -0.15) is 0 Å². The van der Waals surface area contributed by atoms with Gasteiger partial charge in [0.15, 0.2) is 0 Å². The van der Waals surface area contributed by atoms with Gasteiger partial charge in [0.1, 0.15) is 5.75 Å². The lowest BCUT2D eigenvalue weighted by Crippen LogP contribution is -2.56. The van der Waals surface area contributed by atoms with Crippen molar-refractivity contribution in [1.29, 1.82) is 0 Å². The molecule has 1 saturated heterocycles. The number of ether oxygens (including phenoxy) is 2. The maximum absolute atomic E-state index is 13.9. The number of methoxy groups -OCH3 is 2. The minimum Gasteiger partial charge on any atom is -0.497 e. The largest absolute Gasteiger partial charge is 0.497 e. The zero-order valence-electron chi connectivity index (χ0n) is 22.9. The summed E-state index contributed by atoms with van der Waals surface area (Å²) in [4.78, 5) is 20.5. The van der Waals surface area contributed by atoms with E-state index in [1.807, 2.05) is 17.0 Å². The molecule has 0 radical (unpaired) electrons. The second-order valence-corrected chi connectivity index (χ2v) is 11.4. The molecule has 2 amide bonds. The molecule has 2 aromatic rings. The second-order valence-electron chi connectivity index (χ2n) is 11.4. The molecule has 6 heteroatoms. The van der Waals surface area contributed by atoms with Crippen LogP contribution in [0.3, 0.4) is 0 Å². The number of carbonyl (C=O) groups is 1. The predicted molar refractivity (Wildman–Crippen MR) is 144 cm³/mol. The predicted octanol–water partition coefficient (Wildman–Crippen LogP) is 5.52. The highest BCUT2D eigenvalue weighted by molar-refractivity contribution is 5.78. The first-order valence-electron chi connectivity index (χ1n) is 13.1. The summed E-state index contributed by atoms with van der Waals surface area (Å²) in [6.07, 6.45) is 4.83. The number of hydrogen-bond acceptors (Lipinski definition) is 4. The Morgan fingerprint density at radius 1 is 0.944 bits per heavy atom. The monoisotopic (exact) mass is 493 g/mol. The van der Waals surface area contributed by atoms with Crippen LogP contribution in [0.25, 0.3) is 0 Å². The first kappa shape index (κ1) is 26.5. The fourth-order valence-electron chi connectivity index (χ4n) is 6.07. The molecule has 0 bridgehead atoms. The van der Waals surface area contributed by atoms with Gasteiger partial charge in [0, 0.05) is 32.3 Å². The van der Waals surface area contributed by atoms with Gasteiger partial charge in [0.25, 0.3) is 0 Å². The molecule has 1 saturated carbocycles. The number of urea groups is 1. The van der Waals surface area contributed by atoms with Gasteiger partial charge in [-0.15, -0.1) is 0 Å². The van der Waals surface area contributed by atoms with E-state index in [2.05, 4.69) is 80.2 Å². The minimum absolute atomic E-state index is 0.00354. The summed E-state index contributed by atoms with van der Waals surface area (Å²) in [5.74, 6) is 0.833. The molecule has 1 aliphatic carbocycles. The Hall–Kier alpha value is -2.57. The molecule has 1 aliphatic heterocycles. The summed E-state index contributed by atoms with van der Waals surface area (Å²) >= 11 is 0. The van der Waals surface area contributed by atoms with Crippen LogP contribution < -0.4 is 4.74 Å². The zero-order valence-corrected chi connectivity index (χ0v) is 22.9. The fourth-order valence-corrected chi connectivity index (χ4v) is 6.07. The molecule has 6 nitrogen and oxygen atoms in total. The van der Waals surface area contributed by atoms with Crippen molar-refractivity contribution >= 4 is 6.03 Å². The molecule has 36 heavy (non-hydrogen) atoms. The van der Waals surface area contributed by atoms with Crippen LogP contribution in [0.15, 0.2) is 54.6 Å². The number of nitrogens with zero attached hydrogens (tertiary/aromatic N) is 3. The molecule has 0 N–H and O–H groups in total. The van der Waals surface area contributed by atoms with Gasteiger partial charge < -0.3 is 19.3 Å². The summed E-state index contributed by atoms with van der Waals surface area (Å²) in [5.41, 5.74) is 2.08. The van der Waals surface area contributed by atoms with Gasteiger partial charge >= 0.3 is 6.03 Å². The highest BCUT2D eigenvalue weighted by atomic mass is 16.5. The number of benzene rings is 2. The molecule has 2 fully saturated rings. The Labute approximate surface area is 217 Å². The van der Waals surface area contributed by atoms with E-state index in [1.54, 1.807) is 14.2 Å². The van der Waals surface area contributed by atoms with Gasteiger partial charge in [-0.1, -0.05) is 42.5 Å². The van der Waals surface area contributed by atoms with Crippen LogP contribution in [0.4, 0.5) is 4.79 Å². The molecule has 0 atom stereocenters. The first-order chi connectivity index (χ1) is 17.1. The van der Waals surface area contributed by atoms with Gasteiger partial charge in [-0.05, 0) is 83.3 Å². The van der Waals surface area contributed by atoms with Crippen molar-refractivity contribution in [2.75, 3.05) is 41.4 Å². The molecule has 2 aliphatic rings. The smallest absolute Gasteiger partial charge is 0.320 e. The van der Waals surface area contributed by atoms with Gasteiger partial charge in [-0.25, -0.2) is 4.79 Å². The zero-order chi connectivity index (χ0) is 26.0. The van der Waals surface area contributed by atoms with Crippen LogP contribution in [0, 0.1) is 0 Å². The number of hydrogen-bond donors (Lipinski definition) is 0. The minimum atomic E-state index is -0.267. The van der Waals surface area contributed by atoms with Crippen molar-refractivity contribution < 1.29 is 14.3 Å². The van der Waals surface area contributed by atoms with Crippen molar-refractivity contribution in [2.45, 2.75) is 69.2 Å². The molecule has 1 spiro atoms. The van der Waals surface area contributed by atoms with Crippen molar-refractivity contribution in [1.82, 2.24) is 14.7 Å². The molecular weight excluding hydrogens is 450 g/mol. The first-order valence-corrected chi connectivity index (χ1v) is 13.1. The van der Waals surface area contributed by atoms with Crippen LogP contribution >= 0.6 is 0 Å². The standard InChI is InChI=1S/C30H43N3O3/c1-28(2,36-6)20-21-33-27(34)32(22-24-12-14-26(35-5)15-13-24)23-29(33)16-18-30(19-17-29,31(3)4)25-10-8-7-9-11-25/h7-15H,16-23H2,1-6H3/t29-,30+. The lowest BCUT2D eigenvalue weighted by atomic mass is 9.68. The third-order valence-corrected chi connectivity index (χ3v) is 8.76. The van der Waals surface area contributed by atoms with Crippen LogP contribution in [-0.4, -0.2) is 73.3 Å². The number of rotatable bonds is 9. The molecule has 1 heterocycles. The van der Waals surface area contributed by atoms with Crippen molar-refractivity contribution in [2.24, 2.45) is 0 Å². The van der Waals surface area contributed by atoms with Crippen LogP contribution in [0.2, 0.25) is 0 Å². The SMILES string of the molecule is COc1ccc(CN2C[C@]3(CC[C@](c4ccccc4)(N(C)C)CC3)N(CCC(C)(C)OC)C2=O)cc1. The molecule has 4 rings (SSSR count). The Bertz CT molecular complexity index is 1010. The quantitative estimate of drug-likeness (QED) is 0.462. The van der Waals surface area contributed by atoms with Gasteiger partial charge in [0.05, 0.1) is 18.2 Å². The third kappa shape index (κ3) is 5.12. The van der Waals surface area contributed by atoms with E-state index >= 15 is 0 Å².